The molecule has 1 aromatic heterocycles. The zero-order valence-electron chi connectivity index (χ0n) is 12.7. The monoisotopic (exact) mass is 337 g/mol. The molecule has 0 bridgehead atoms. The maximum absolute atomic E-state index is 12.8. The molecule has 3 rings (SSSR count). The Labute approximate surface area is 139 Å². The molecule has 1 atom stereocenters. The fourth-order valence-electron chi connectivity index (χ4n) is 2.97. The molecule has 0 saturated carbocycles. The van der Waals surface area contributed by atoms with Crippen molar-refractivity contribution in [3.05, 3.63) is 34.2 Å². The number of fused-ring (bicyclic) bond motifs is 1. The summed E-state index contributed by atoms with van der Waals surface area (Å²) < 4.78 is 6.59. The van der Waals surface area contributed by atoms with Gasteiger partial charge in [0.05, 0.1) is 11.6 Å². The molecule has 1 aliphatic rings. The topological polar surface area (TPSA) is 29.5 Å². The van der Waals surface area contributed by atoms with Crippen LogP contribution in [-0.4, -0.2) is 37.1 Å². The van der Waals surface area contributed by atoms with Crippen LogP contribution >= 0.6 is 22.9 Å². The van der Waals surface area contributed by atoms with Crippen LogP contribution in [0, 0.1) is 5.92 Å². The van der Waals surface area contributed by atoms with E-state index in [4.69, 9.17) is 16.3 Å². The van der Waals surface area contributed by atoms with E-state index in [-0.39, 0.29) is 5.91 Å². The van der Waals surface area contributed by atoms with Crippen LogP contribution in [0.4, 0.5) is 0 Å². The van der Waals surface area contributed by atoms with Crippen molar-refractivity contribution in [1.29, 1.82) is 0 Å². The van der Waals surface area contributed by atoms with E-state index < -0.39 is 0 Å². The lowest BCUT2D eigenvalue weighted by molar-refractivity contribution is 0.0505. The molecule has 1 aromatic carbocycles. The second-order valence-electron chi connectivity index (χ2n) is 5.66. The van der Waals surface area contributed by atoms with Crippen molar-refractivity contribution in [1.82, 2.24) is 4.90 Å². The third-order valence-electron chi connectivity index (χ3n) is 4.09. The van der Waals surface area contributed by atoms with E-state index >= 15 is 0 Å². The summed E-state index contributed by atoms with van der Waals surface area (Å²) in [5.74, 6) is 0.498. The number of hydrogen-bond acceptors (Lipinski definition) is 3. The molecule has 1 unspecified atom stereocenters. The maximum Gasteiger partial charge on any atom is 0.265 e. The third kappa shape index (κ3) is 3.14. The van der Waals surface area contributed by atoms with Crippen LogP contribution in [0.5, 0.6) is 0 Å². The number of nitrogens with zero attached hydrogens (tertiary/aromatic N) is 1. The number of carbonyl (C=O) groups is 1. The van der Waals surface area contributed by atoms with E-state index in [2.05, 4.69) is 0 Å². The molecule has 5 heteroatoms. The summed E-state index contributed by atoms with van der Waals surface area (Å²) in [5.41, 5.74) is 0. The number of halogens is 1. The van der Waals surface area contributed by atoms with Crippen LogP contribution in [0.25, 0.3) is 10.1 Å². The predicted octanol–water partition coefficient (Wildman–Crippen LogP) is 4.44. The lowest BCUT2D eigenvalue weighted by Crippen LogP contribution is -2.41. The highest BCUT2D eigenvalue weighted by molar-refractivity contribution is 7.21. The molecule has 0 aliphatic carbocycles. The quantitative estimate of drug-likeness (QED) is 0.825. The number of rotatable bonds is 4. The number of benzene rings is 1. The molecule has 1 aliphatic heterocycles. The van der Waals surface area contributed by atoms with Gasteiger partial charge < -0.3 is 9.64 Å². The Morgan fingerprint density at radius 1 is 1.45 bits per heavy atom. The zero-order valence-corrected chi connectivity index (χ0v) is 14.3. The number of ether oxygens (including phenoxy) is 1. The normalized spacial score (nSPS) is 18.8. The molecule has 1 saturated heterocycles. The van der Waals surface area contributed by atoms with E-state index in [0.717, 1.165) is 49.2 Å². The first-order valence-corrected chi connectivity index (χ1v) is 8.94. The van der Waals surface area contributed by atoms with Crippen LogP contribution < -0.4 is 0 Å². The van der Waals surface area contributed by atoms with Gasteiger partial charge in [0.2, 0.25) is 0 Å². The number of hydrogen-bond donors (Lipinski definition) is 0. The largest absolute Gasteiger partial charge is 0.381 e. The fraction of sp³-hybridized carbons (Fsp3) is 0.471. The van der Waals surface area contributed by atoms with E-state index in [1.54, 1.807) is 0 Å². The molecule has 3 nitrogen and oxygen atoms in total. The highest BCUT2D eigenvalue weighted by Gasteiger charge is 2.27. The van der Waals surface area contributed by atoms with Crippen molar-refractivity contribution in [2.24, 2.45) is 5.92 Å². The summed E-state index contributed by atoms with van der Waals surface area (Å²) in [4.78, 5) is 15.4. The van der Waals surface area contributed by atoms with Crippen LogP contribution in [0.3, 0.4) is 0 Å². The van der Waals surface area contributed by atoms with Gasteiger partial charge in [-0.3, -0.25) is 4.79 Å². The number of thiophene rings is 1. The predicted molar refractivity (Wildman–Crippen MR) is 92.0 cm³/mol. The Balaban J connectivity index is 1.78. The molecular formula is C17H20ClNO2S. The first kappa shape index (κ1) is 15.8. The van der Waals surface area contributed by atoms with Crippen LogP contribution in [0.2, 0.25) is 5.02 Å². The molecule has 0 spiro atoms. The SMILES string of the molecule is CCOCC1CCCN(C(=O)c2sc3ccccc3c2Cl)C1. The number of piperidine rings is 1. The van der Waals surface area contributed by atoms with Gasteiger partial charge in [-0.2, -0.15) is 0 Å². The highest BCUT2D eigenvalue weighted by atomic mass is 35.5. The molecule has 2 aromatic rings. The van der Waals surface area contributed by atoms with E-state index in [0.29, 0.717) is 15.8 Å². The lowest BCUT2D eigenvalue weighted by Gasteiger charge is -2.32. The van der Waals surface area contributed by atoms with Crippen LogP contribution in [0.1, 0.15) is 29.4 Å². The highest BCUT2D eigenvalue weighted by Crippen LogP contribution is 2.36. The first-order valence-electron chi connectivity index (χ1n) is 7.74. The number of carbonyl (C=O) groups excluding carboxylic acids is 1. The molecule has 0 radical (unpaired) electrons. The molecule has 118 valence electrons. The Kier molecular flexibility index (Phi) is 5.01. The average molecular weight is 338 g/mol. The molecule has 2 heterocycles. The summed E-state index contributed by atoms with van der Waals surface area (Å²) >= 11 is 7.92. The molecular weight excluding hydrogens is 318 g/mol. The van der Waals surface area contributed by atoms with Gasteiger partial charge in [-0.1, -0.05) is 29.8 Å². The van der Waals surface area contributed by atoms with E-state index in [1.165, 1.54) is 11.3 Å². The van der Waals surface area contributed by atoms with Crippen molar-refractivity contribution in [3.8, 4) is 0 Å². The van der Waals surface area contributed by atoms with Gasteiger partial charge in [0.1, 0.15) is 4.88 Å². The van der Waals surface area contributed by atoms with Gasteiger partial charge in [-0.25, -0.2) is 0 Å². The second kappa shape index (κ2) is 6.99. The fourth-order valence-corrected chi connectivity index (χ4v) is 4.45. The summed E-state index contributed by atoms with van der Waals surface area (Å²) in [7, 11) is 0. The summed E-state index contributed by atoms with van der Waals surface area (Å²) in [6.07, 6.45) is 2.16. The minimum atomic E-state index is 0.0624. The summed E-state index contributed by atoms with van der Waals surface area (Å²) in [5, 5.41) is 1.57. The smallest absolute Gasteiger partial charge is 0.265 e. The zero-order chi connectivity index (χ0) is 15.5. The van der Waals surface area contributed by atoms with Crippen molar-refractivity contribution in [2.75, 3.05) is 26.3 Å². The van der Waals surface area contributed by atoms with E-state index in [1.807, 2.05) is 36.1 Å². The first-order chi connectivity index (χ1) is 10.7. The standard InChI is InChI=1S/C17H20ClNO2S/c1-2-21-11-12-6-5-9-19(10-12)17(20)16-15(18)13-7-3-4-8-14(13)22-16/h3-4,7-8,12H,2,5-6,9-11H2,1H3. The Morgan fingerprint density at radius 3 is 3.05 bits per heavy atom. The van der Waals surface area contributed by atoms with Crippen molar-refractivity contribution < 1.29 is 9.53 Å². The minimum Gasteiger partial charge on any atom is -0.381 e. The lowest BCUT2D eigenvalue weighted by atomic mass is 9.99. The van der Waals surface area contributed by atoms with Crippen LogP contribution in [-0.2, 0) is 4.74 Å². The van der Waals surface area contributed by atoms with Gasteiger partial charge in [-0.15, -0.1) is 11.3 Å². The Morgan fingerprint density at radius 2 is 2.27 bits per heavy atom. The minimum absolute atomic E-state index is 0.0624. The average Bonchev–Trinajstić information content (AvgIpc) is 2.90. The van der Waals surface area contributed by atoms with Crippen molar-refractivity contribution in [3.63, 3.8) is 0 Å². The summed E-state index contributed by atoms with van der Waals surface area (Å²) in [6.45, 7) is 5.05. The van der Waals surface area contributed by atoms with Gasteiger partial charge >= 0.3 is 0 Å². The van der Waals surface area contributed by atoms with Crippen molar-refractivity contribution >= 4 is 38.9 Å². The number of amides is 1. The molecule has 22 heavy (non-hydrogen) atoms. The molecule has 1 amide bonds. The molecule has 1 fully saturated rings. The third-order valence-corrected chi connectivity index (χ3v) is 5.76. The number of likely N-dealkylation sites (tertiary alicyclic amines) is 1. The Hall–Kier alpha value is -1.10. The Bertz CT molecular complexity index is 670. The molecule has 0 N–H and O–H groups in total. The van der Waals surface area contributed by atoms with Gasteiger partial charge in [-0.05, 0) is 31.7 Å². The summed E-state index contributed by atoms with van der Waals surface area (Å²) in [6, 6.07) is 7.91. The van der Waals surface area contributed by atoms with E-state index in [9.17, 15) is 4.79 Å². The maximum atomic E-state index is 12.8. The van der Waals surface area contributed by atoms with Crippen molar-refractivity contribution in [2.45, 2.75) is 19.8 Å². The van der Waals surface area contributed by atoms with Crippen LogP contribution in [0.15, 0.2) is 24.3 Å². The van der Waals surface area contributed by atoms with Gasteiger partial charge in [0.15, 0.2) is 0 Å². The van der Waals surface area contributed by atoms with Gasteiger partial charge in [0, 0.05) is 29.8 Å². The van der Waals surface area contributed by atoms with Gasteiger partial charge in [0.25, 0.3) is 5.91 Å². The second-order valence-corrected chi connectivity index (χ2v) is 7.09.